The molecular weight excluding hydrogens is 280 g/mol. The molecule has 6 nitrogen and oxygen atoms in total. The Bertz CT molecular complexity index is 780. The third kappa shape index (κ3) is 3.35. The minimum Gasteiger partial charge on any atom is -0.473 e. The summed E-state index contributed by atoms with van der Waals surface area (Å²) in [5, 5.41) is 5.38. The fourth-order valence-corrected chi connectivity index (χ4v) is 2.01. The van der Waals surface area contributed by atoms with Gasteiger partial charge in [0.25, 0.3) is 0 Å². The molecule has 1 aromatic heterocycles. The van der Waals surface area contributed by atoms with Crippen molar-refractivity contribution in [2.45, 2.75) is 6.92 Å². The van der Waals surface area contributed by atoms with Crippen LogP contribution in [0, 0.1) is 6.92 Å². The number of carbonyl (C=O) groups is 1. The number of hydrogen-bond donors (Lipinski definition) is 3. The fraction of sp³-hybridized carbons (Fsp3) is 0.125. The predicted molar refractivity (Wildman–Crippen MR) is 84.9 cm³/mol. The number of nitrogens with one attached hydrogen (secondary N) is 3. The second-order valence-electron chi connectivity index (χ2n) is 4.87. The zero-order chi connectivity index (χ0) is 15.4. The number of aromatic amines is 1. The molecule has 0 aliphatic heterocycles. The van der Waals surface area contributed by atoms with Crippen LogP contribution in [0.4, 0.5) is 10.5 Å². The second kappa shape index (κ2) is 6.17. The predicted octanol–water partition coefficient (Wildman–Crippen LogP) is 3.03. The van der Waals surface area contributed by atoms with Gasteiger partial charge in [0.15, 0.2) is 6.73 Å². The molecule has 0 spiro atoms. The average molecular weight is 296 g/mol. The molecule has 112 valence electrons. The molecule has 0 unspecified atom stereocenters. The van der Waals surface area contributed by atoms with Crippen LogP contribution in [0.15, 0.2) is 48.8 Å². The van der Waals surface area contributed by atoms with Crippen LogP contribution < -0.4 is 15.4 Å². The Morgan fingerprint density at radius 1 is 1.23 bits per heavy atom. The summed E-state index contributed by atoms with van der Waals surface area (Å²) in [5.41, 5.74) is 3.57. The Morgan fingerprint density at radius 2 is 2.05 bits per heavy atom. The minimum atomic E-state index is -0.328. The van der Waals surface area contributed by atoms with E-state index in [4.69, 9.17) is 4.74 Å². The number of urea groups is 1. The highest BCUT2D eigenvalue weighted by Gasteiger charge is 2.03. The van der Waals surface area contributed by atoms with E-state index in [1.165, 1.54) is 0 Å². The topological polar surface area (TPSA) is 79.0 Å². The summed E-state index contributed by atoms with van der Waals surface area (Å²) in [5.74, 6) is 0.713. The molecule has 0 aliphatic rings. The van der Waals surface area contributed by atoms with Gasteiger partial charge in [0, 0.05) is 5.69 Å². The Hall–Kier alpha value is -3.02. The summed E-state index contributed by atoms with van der Waals surface area (Å²) >= 11 is 0. The molecule has 3 rings (SSSR count). The van der Waals surface area contributed by atoms with Crippen molar-refractivity contribution in [3.05, 3.63) is 54.4 Å². The van der Waals surface area contributed by atoms with Crippen molar-refractivity contribution in [2.24, 2.45) is 0 Å². The molecule has 0 saturated heterocycles. The van der Waals surface area contributed by atoms with Crippen LogP contribution in [0.25, 0.3) is 11.0 Å². The lowest BCUT2D eigenvalue weighted by Crippen LogP contribution is -2.31. The van der Waals surface area contributed by atoms with Crippen molar-refractivity contribution >= 4 is 22.8 Å². The van der Waals surface area contributed by atoms with Crippen LogP contribution in [-0.2, 0) is 0 Å². The minimum absolute atomic E-state index is 0.0984. The zero-order valence-corrected chi connectivity index (χ0v) is 12.1. The molecule has 0 radical (unpaired) electrons. The summed E-state index contributed by atoms with van der Waals surface area (Å²) < 4.78 is 5.44. The molecule has 0 bridgehead atoms. The molecule has 0 aliphatic carbocycles. The van der Waals surface area contributed by atoms with E-state index in [0.717, 1.165) is 16.6 Å². The van der Waals surface area contributed by atoms with Crippen molar-refractivity contribution in [3.8, 4) is 5.75 Å². The van der Waals surface area contributed by atoms with Gasteiger partial charge >= 0.3 is 6.03 Å². The summed E-state index contributed by atoms with van der Waals surface area (Å²) in [6, 6.07) is 12.8. The Balaban J connectivity index is 1.50. The molecule has 2 amide bonds. The monoisotopic (exact) mass is 296 g/mol. The lowest BCUT2D eigenvalue weighted by Gasteiger charge is -2.09. The number of ether oxygens (including phenoxy) is 1. The van der Waals surface area contributed by atoms with Gasteiger partial charge in [-0.1, -0.05) is 17.7 Å². The average Bonchev–Trinajstić information content (AvgIpc) is 2.97. The van der Waals surface area contributed by atoms with Gasteiger partial charge in [0.1, 0.15) is 5.75 Å². The first kappa shape index (κ1) is 13.9. The molecular formula is C16H16N4O2. The number of fused-ring (bicyclic) bond motifs is 1. The number of benzene rings is 2. The van der Waals surface area contributed by atoms with E-state index in [1.54, 1.807) is 12.4 Å². The van der Waals surface area contributed by atoms with Crippen molar-refractivity contribution in [1.82, 2.24) is 15.3 Å². The van der Waals surface area contributed by atoms with E-state index in [-0.39, 0.29) is 12.8 Å². The number of carbonyl (C=O) groups excluding carboxylic acids is 1. The third-order valence-electron chi connectivity index (χ3n) is 3.17. The second-order valence-corrected chi connectivity index (χ2v) is 4.87. The SMILES string of the molecule is Cc1ccc(OCNC(=O)Nc2ccc3nc[nH]c3c2)cc1. The molecule has 1 heterocycles. The lowest BCUT2D eigenvalue weighted by atomic mass is 10.2. The van der Waals surface area contributed by atoms with E-state index in [0.29, 0.717) is 11.4 Å². The first-order valence-electron chi connectivity index (χ1n) is 6.88. The standard InChI is InChI=1S/C16H16N4O2/c1-11-2-5-13(6-3-11)22-10-19-16(21)20-12-4-7-14-15(8-12)18-9-17-14/h2-9H,10H2,1H3,(H,17,18)(H2,19,20,21). The molecule has 0 saturated carbocycles. The highest BCUT2D eigenvalue weighted by molar-refractivity contribution is 5.91. The summed E-state index contributed by atoms with van der Waals surface area (Å²) in [7, 11) is 0. The smallest absolute Gasteiger partial charge is 0.321 e. The number of imidazole rings is 1. The van der Waals surface area contributed by atoms with Crippen LogP contribution in [0.1, 0.15) is 5.56 Å². The molecule has 3 N–H and O–H groups in total. The maximum Gasteiger partial charge on any atom is 0.321 e. The van der Waals surface area contributed by atoms with Crippen LogP contribution >= 0.6 is 0 Å². The number of rotatable bonds is 4. The van der Waals surface area contributed by atoms with Gasteiger partial charge in [0.2, 0.25) is 0 Å². The van der Waals surface area contributed by atoms with E-state index in [1.807, 2.05) is 43.3 Å². The van der Waals surface area contributed by atoms with Crippen molar-refractivity contribution in [3.63, 3.8) is 0 Å². The van der Waals surface area contributed by atoms with E-state index in [2.05, 4.69) is 20.6 Å². The van der Waals surface area contributed by atoms with Gasteiger partial charge in [-0.25, -0.2) is 9.78 Å². The van der Waals surface area contributed by atoms with Gasteiger partial charge in [-0.05, 0) is 37.3 Å². The van der Waals surface area contributed by atoms with E-state index in [9.17, 15) is 4.79 Å². The molecule has 0 fully saturated rings. The van der Waals surface area contributed by atoms with Gasteiger partial charge in [-0.3, -0.25) is 0 Å². The highest BCUT2D eigenvalue weighted by atomic mass is 16.5. The molecule has 0 atom stereocenters. The number of H-pyrrole nitrogens is 1. The van der Waals surface area contributed by atoms with E-state index >= 15 is 0 Å². The van der Waals surface area contributed by atoms with Crippen LogP contribution in [0.2, 0.25) is 0 Å². The number of anilines is 1. The Labute approximate surface area is 127 Å². The number of amides is 2. The largest absolute Gasteiger partial charge is 0.473 e. The van der Waals surface area contributed by atoms with Gasteiger partial charge < -0.3 is 20.4 Å². The number of nitrogens with zero attached hydrogens (tertiary/aromatic N) is 1. The quantitative estimate of drug-likeness (QED) is 0.647. The van der Waals surface area contributed by atoms with Crippen LogP contribution in [0.5, 0.6) is 5.75 Å². The van der Waals surface area contributed by atoms with Gasteiger partial charge in [-0.2, -0.15) is 0 Å². The summed E-state index contributed by atoms with van der Waals surface area (Å²) in [4.78, 5) is 18.9. The lowest BCUT2D eigenvalue weighted by molar-refractivity contribution is 0.234. The maximum absolute atomic E-state index is 11.8. The van der Waals surface area contributed by atoms with Crippen molar-refractivity contribution < 1.29 is 9.53 Å². The van der Waals surface area contributed by atoms with Gasteiger partial charge in [-0.15, -0.1) is 0 Å². The van der Waals surface area contributed by atoms with Crippen LogP contribution in [0.3, 0.4) is 0 Å². The summed E-state index contributed by atoms with van der Waals surface area (Å²) in [6.07, 6.45) is 1.62. The van der Waals surface area contributed by atoms with Gasteiger partial charge in [0.05, 0.1) is 17.4 Å². The molecule has 6 heteroatoms. The zero-order valence-electron chi connectivity index (χ0n) is 12.1. The maximum atomic E-state index is 11.8. The van der Waals surface area contributed by atoms with Crippen LogP contribution in [-0.4, -0.2) is 22.7 Å². The number of aryl methyl sites for hydroxylation is 1. The number of aromatic nitrogens is 2. The van der Waals surface area contributed by atoms with Crippen molar-refractivity contribution in [2.75, 3.05) is 12.0 Å². The first-order valence-corrected chi connectivity index (χ1v) is 6.88. The summed E-state index contributed by atoms with van der Waals surface area (Å²) in [6.45, 7) is 2.10. The van der Waals surface area contributed by atoms with Crippen molar-refractivity contribution in [1.29, 1.82) is 0 Å². The van der Waals surface area contributed by atoms with E-state index < -0.39 is 0 Å². The highest BCUT2D eigenvalue weighted by Crippen LogP contribution is 2.15. The number of hydrogen-bond acceptors (Lipinski definition) is 3. The Morgan fingerprint density at radius 3 is 2.86 bits per heavy atom. The normalized spacial score (nSPS) is 10.4. The molecule has 2 aromatic carbocycles. The molecule has 22 heavy (non-hydrogen) atoms. The fourth-order valence-electron chi connectivity index (χ4n) is 2.01. The molecule has 3 aromatic rings. The third-order valence-corrected chi connectivity index (χ3v) is 3.17. The first-order chi connectivity index (χ1) is 10.7. The Kier molecular flexibility index (Phi) is 3.91.